The van der Waals surface area contributed by atoms with Crippen molar-refractivity contribution in [3.63, 3.8) is 0 Å². The Hall–Kier alpha value is -3.22. The molecular formula is C23H18ClN3O2S. The maximum Gasteiger partial charge on any atom is 0.257 e. The number of anilines is 1. The van der Waals surface area contributed by atoms with Gasteiger partial charge in [-0.05, 0) is 37.3 Å². The molecule has 4 rings (SSSR count). The topological polar surface area (TPSA) is 64.1 Å². The Morgan fingerprint density at radius 2 is 1.73 bits per heavy atom. The van der Waals surface area contributed by atoms with Crippen LogP contribution in [0.5, 0.6) is 5.75 Å². The van der Waals surface area contributed by atoms with Gasteiger partial charge in [-0.15, -0.1) is 10.2 Å². The number of hydrogen-bond donors (Lipinski definition) is 1. The molecule has 0 aliphatic carbocycles. The van der Waals surface area contributed by atoms with E-state index >= 15 is 0 Å². The van der Waals surface area contributed by atoms with Crippen LogP contribution in [0.3, 0.4) is 0 Å². The van der Waals surface area contributed by atoms with Crippen molar-refractivity contribution < 1.29 is 9.53 Å². The second-order valence-electron chi connectivity index (χ2n) is 6.64. The minimum absolute atomic E-state index is 0.251. The minimum Gasteiger partial charge on any atom is -0.489 e. The lowest BCUT2D eigenvalue weighted by Gasteiger charge is -2.08. The molecule has 0 aliphatic rings. The molecule has 4 aromatic rings. The van der Waals surface area contributed by atoms with E-state index in [1.807, 2.05) is 55.5 Å². The molecule has 30 heavy (non-hydrogen) atoms. The van der Waals surface area contributed by atoms with Gasteiger partial charge in [-0.25, -0.2) is 0 Å². The van der Waals surface area contributed by atoms with Crippen LogP contribution in [0.25, 0.3) is 10.6 Å². The third-order valence-corrected chi connectivity index (χ3v) is 5.67. The summed E-state index contributed by atoms with van der Waals surface area (Å²) in [6.45, 7) is 2.39. The third kappa shape index (κ3) is 4.84. The number of aromatic nitrogens is 2. The molecule has 0 saturated carbocycles. The van der Waals surface area contributed by atoms with Gasteiger partial charge in [0.05, 0.1) is 0 Å². The van der Waals surface area contributed by atoms with Gasteiger partial charge < -0.3 is 4.74 Å². The average Bonchev–Trinajstić information content (AvgIpc) is 3.22. The molecule has 1 heterocycles. The Morgan fingerprint density at radius 3 is 2.47 bits per heavy atom. The lowest BCUT2D eigenvalue weighted by molar-refractivity contribution is 0.102. The first kappa shape index (κ1) is 20.1. The number of amides is 1. The summed E-state index contributed by atoms with van der Waals surface area (Å²) in [5.74, 6) is 0.406. The fourth-order valence-corrected chi connectivity index (χ4v) is 3.67. The molecule has 0 spiro atoms. The smallest absolute Gasteiger partial charge is 0.257 e. The summed E-state index contributed by atoms with van der Waals surface area (Å²) in [6, 6.07) is 22.5. The lowest BCUT2D eigenvalue weighted by atomic mass is 10.2. The fourth-order valence-electron chi connectivity index (χ4n) is 2.73. The second kappa shape index (κ2) is 9.07. The number of ether oxygens (including phenoxy) is 1. The highest BCUT2D eigenvalue weighted by molar-refractivity contribution is 7.18. The molecule has 0 atom stereocenters. The number of benzene rings is 3. The zero-order chi connectivity index (χ0) is 20.9. The van der Waals surface area contributed by atoms with E-state index in [1.165, 1.54) is 16.9 Å². The number of aryl methyl sites for hydroxylation is 1. The highest BCUT2D eigenvalue weighted by atomic mass is 35.5. The minimum atomic E-state index is -0.251. The van der Waals surface area contributed by atoms with Crippen molar-refractivity contribution in [1.82, 2.24) is 10.2 Å². The van der Waals surface area contributed by atoms with Gasteiger partial charge in [0.1, 0.15) is 17.4 Å². The normalized spacial score (nSPS) is 10.6. The summed E-state index contributed by atoms with van der Waals surface area (Å²) in [5, 5.41) is 12.9. The van der Waals surface area contributed by atoms with Crippen molar-refractivity contribution in [3.8, 4) is 16.3 Å². The van der Waals surface area contributed by atoms with Crippen molar-refractivity contribution in [2.24, 2.45) is 0 Å². The van der Waals surface area contributed by atoms with Gasteiger partial charge in [0, 0.05) is 21.7 Å². The van der Waals surface area contributed by atoms with E-state index in [4.69, 9.17) is 16.3 Å². The lowest BCUT2D eigenvalue weighted by Crippen LogP contribution is -2.11. The molecule has 0 radical (unpaired) electrons. The standard InChI is InChI=1S/C23H18ClN3O2S/c1-15-6-8-17(9-7-15)22-26-27-23(30-22)25-21(28)16-10-12-19(13-11-16)29-14-18-4-2-3-5-20(18)24/h2-13H,14H2,1H3,(H,25,27,28). The van der Waals surface area contributed by atoms with Crippen LogP contribution in [-0.4, -0.2) is 16.1 Å². The number of carbonyl (C=O) groups excluding carboxylic acids is 1. The summed E-state index contributed by atoms with van der Waals surface area (Å²) in [5.41, 5.74) is 3.56. The molecule has 0 saturated heterocycles. The summed E-state index contributed by atoms with van der Waals surface area (Å²) < 4.78 is 5.75. The maximum absolute atomic E-state index is 12.5. The summed E-state index contributed by atoms with van der Waals surface area (Å²) in [6.07, 6.45) is 0. The molecular weight excluding hydrogens is 418 g/mol. The molecule has 1 aromatic heterocycles. The Morgan fingerprint density at radius 1 is 1.00 bits per heavy atom. The molecule has 0 bridgehead atoms. The number of nitrogens with zero attached hydrogens (tertiary/aromatic N) is 2. The molecule has 3 aromatic carbocycles. The van der Waals surface area contributed by atoms with Gasteiger partial charge in [0.15, 0.2) is 0 Å². The maximum atomic E-state index is 12.5. The Kier molecular flexibility index (Phi) is 6.07. The zero-order valence-electron chi connectivity index (χ0n) is 16.1. The van der Waals surface area contributed by atoms with Gasteiger partial charge in [-0.2, -0.15) is 0 Å². The molecule has 0 unspecified atom stereocenters. The van der Waals surface area contributed by atoms with E-state index in [-0.39, 0.29) is 5.91 Å². The van der Waals surface area contributed by atoms with Gasteiger partial charge in [0.2, 0.25) is 5.13 Å². The summed E-state index contributed by atoms with van der Waals surface area (Å²) in [4.78, 5) is 12.5. The highest BCUT2D eigenvalue weighted by Gasteiger charge is 2.12. The van der Waals surface area contributed by atoms with E-state index in [0.29, 0.717) is 28.1 Å². The predicted molar refractivity (Wildman–Crippen MR) is 120 cm³/mol. The number of nitrogens with one attached hydrogen (secondary N) is 1. The van der Waals surface area contributed by atoms with E-state index in [9.17, 15) is 4.79 Å². The Balaban J connectivity index is 1.37. The fraction of sp³-hybridized carbons (Fsp3) is 0.0870. The average molecular weight is 436 g/mol. The Labute approximate surface area is 183 Å². The quantitative estimate of drug-likeness (QED) is 0.403. The van der Waals surface area contributed by atoms with E-state index in [1.54, 1.807) is 24.3 Å². The highest BCUT2D eigenvalue weighted by Crippen LogP contribution is 2.27. The molecule has 0 fully saturated rings. The molecule has 1 amide bonds. The van der Waals surface area contributed by atoms with E-state index in [0.717, 1.165) is 16.1 Å². The van der Waals surface area contributed by atoms with Crippen molar-refractivity contribution >= 4 is 34.0 Å². The third-order valence-electron chi connectivity index (χ3n) is 4.41. The summed E-state index contributed by atoms with van der Waals surface area (Å²) >= 11 is 7.47. The monoisotopic (exact) mass is 435 g/mol. The predicted octanol–water partition coefficient (Wildman–Crippen LogP) is 6.00. The Bertz CT molecular complexity index is 1160. The number of carbonyl (C=O) groups is 1. The van der Waals surface area contributed by atoms with Crippen LogP contribution < -0.4 is 10.1 Å². The zero-order valence-corrected chi connectivity index (χ0v) is 17.7. The van der Waals surface area contributed by atoms with Crippen LogP contribution in [-0.2, 0) is 6.61 Å². The van der Waals surface area contributed by atoms with Crippen LogP contribution in [0.15, 0.2) is 72.8 Å². The molecule has 150 valence electrons. The second-order valence-corrected chi connectivity index (χ2v) is 8.02. The molecule has 7 heteroatoms. The van der Waals surface area contributed by atoms with Gasteiger partial charge >= 0.3 is 0 Å². The van der Waals surface area contributed by atoms with Gasteiger partial charge in [0.25, 0.3) is 5.91 Å². The van der Waals surface area contributed by atoms with Crippen LogP contribution >= 0.6 is 22.9 Å². The first-order valence-corrected chi connectivity index (χ1v) is 10.5. The summed E-state index contributed by atoms with van der Waals surface area (Å²) in [7, 11) is 0. The van der Waals surface area contributed by atoms with E-state index < -0.39 is 0 Å². The molecule has 5 nitrogen and oxygen atoms in total. The van der Waals surface area contributed by atoms with E-state index in [2.05, 4.69) is 15.5 Å². The van der Waals surface area contributed by atoms with Crippen molar-refractivity contribution in [1.29, 1.82) is 0 Å². The van der Waals surface area contributed by atoms with Gasteiger partial charge in [-0.3, -0.25) is 10.1 Å². The molecule has 1 N–H and O–H groups in total. The van der Waals surface area contributed by atoms with Crippen molar-refractivity contribution in [3.05, 3.63) is 94.5 Å². The SMILES string of the molecule is Cc1ccc(-c2nnc(NC(=O)c3ccc(OCc4ccccc4Cl)cc3)s2)cc1. The van der Waals surface area contributed by atoms with Crippen molar-refractivity contribution in [2.75, 3.05) is 5.32 Å². The van der Waals surface area contributed by atoms with Crippen LogP contribution in [0.1, 0.15) is 21.5 Å². The number of halogens is 1. The van der Waals surface area contributed by atoms with Crippen molar-refractivity contribution in [2.45, 2.75) is 13.5 Å². The molecule has 0 aliphatic heterocycles. The van der Waals surface area contributed by atoms with Crippen LogP contribution in [0.4, 0.5) is 5.13 Å². The van der Waals surface area contributed by atoms with Crippen LogP contribution in [0.2, 0.25) is 5.02 Å². The first-order chi connectivity index (χ1) is 14.6. The van der Waals surface area contributed by atoms with Gasteiger partial charge in [-0.1, -0.05) is 71.0 Å². The largest absolute Gasteiger partial charge is 0.489 e. The van der Waals surface area contributed by atoms with Crippen LogP contribution in [0, 0.1) is 6.92 Å². The first-order valence-electron chi connectivity index (χ1n) is 9.27. The number of rotatable bonds is 6. The number of hydrogen-bond acceptors (Lipinski definition) is 5.